The molecule has 0 aliphatic heterocycles. The molecule has 0 amide bonds. The van der Waals surface area contributed by atoms with E-state index >= 15 is 0 Å². The van der Waals surface area contributed by atoms with Crippen molar-refractivity contribution in [3.05, 3.63) is 40.5 Å². The average molecular weight is 285 g/mol. The third-order valence-corrected chi connectivity index (χ3v) is 3.27. The Morgan fingerprint density at radius 2 is 2.00 bits per heavy atom. The van der Waals surface area contributed by atoms with Crippen molar-refractivity contribution in [1.29, 1.82) is 0 Å². The van der Waals surface area contributed by atoms with E-state index in [9.17, 15) is 0 Å². The van der Waals surface area contributed by atoms with Gasteiger partial charge in [0.05, 0.1) is 5.75 Å². The lowest BCUT2D eigenvalue weighted by Gasteiger charge is -1.97. The Hall–Kier alpha value is -0.810. The van der Waals surface area contributed by atoms with Gasteiger partial charge in [-0.05, 0) is 24.3 Å². The second kappa shape index (κ2) is 4.81. The quantitative estimate of drug-likeness (QED) is 0.810. The van der Waals surface area contributed by atoms with Gasteiger partial charge in [-0.2, -0.15) is 0 Å². The van der Waals surface area contributed by atoms with Crippen LogP contribution in [-0.4, -0.2) is 10.2 Å². The molecule has 0 bridgehead atoms. The zero-order chi connectivity index (χ0) is 10.7. The molecule has 1 heterocycles. The van der Waals surface area contributed by atoms with E-state index in [2.05, 4.69) is 38.3 Å². The zero-order valence-corrected chi connectivity index (χ0v) is 10.5. The molecule has 0 aliphatic carbocycles. The molecule has 3 nitrogen and oxygen atoms in total. The number of halogens is 1. The van der Waals surface area contributed by atoms with Crippen LogP contribution in [0, 0.1) is 6.92 Å². The molecule has 1 aromatic heterocycles. The maximum atomic E-state index is 5.28. The van der Waals surface area contributed by atoms with Gasteiger partial charge in [-0.25, -0.2) is 0 Å². The SMILES string of the molecule is Cc1nnc(CSc2ccc(Br)cc2)o1. The predicted molar refractivity (Wildman–Crippen MR) is 62.7 cm³/mol. The molecule has 0 saturated heterocycles. The molecule has 0 spiro atoms. The summed E-state index contributed by atoms with van der Waals surface area (Å²) in [6.45, 7) is 1.79. The highest BCUT2D eigenvalue weighted by molar-refractivity contribution is 9.10. The highest BCUT2D eigenvalue weighted by Crippen LogP contribution is 2.23. The Labute approximate surface area is 100 Å². The first-order valence-corrected chi connectivity index (χ1v) is 6.19. The van der Waals surface area contributed by atoms with Gasteiger partial charge in [0.2, 0.25) is 11.8 Å². The third kappa shape index (κ3) is 3.07. The second-order valence-electron chi connectivity index (χ2n) is 2.96. The van der Waals surface area contributed by atoms with Crippen molar-refractivity contribution in [3.8, 4) is 0 Å². The standard InChI is InChI=1S/C10H9BrN2OS/c1-7-12-13-10(14-7)6-15-9-4-2-8(11)3-5-9/h2-5H,6H2,1H3. The van der Waals surface area contributed by atoms with Gasteiger partial charge < -0.3 is 4.42 Å². The van der Waals surface area contributed by atoms with Crippen LogP contribution in [0.5, 0.6) is 0 Å². The molecular formula is C10H9BrN2OS. The Morgan fingerprint density at radius 3 is 2.60 bits per heavy atom. The van der Waals surface area contributed by atoms with Crippen LogP contribution in [0.25, 0.3) is 0 Å². The van der Waals surface area contributed by atoms with E-state index in [0.717, 1.165) is 4.47 Å². The molecular weight excluding hydrogens is 276 g/mol. The van der Waals surface area contributed by atoms with Gasteiger partial charge in [0.15, 0.2) is 0 Å². The largest absolute Gasteiger partial charge is 0.425 e. The number of aromatic nitrogens is 2. The first-order chi connectivity index (χ1) is 7.24. The summed E-state index contributed by atoms with van der Waals surface area (Å²) >= 11 is 5.07. The lowest BCUT2D eigenvalue weighted by atomic mass is 10.4. The molecule has 0 atom stereocenters. The topological polar surface area (TPSA) is 38.9 Å². The Kier molecular flexibility index (Phi) is 3.43. The first kappa shape index (κ1) is 10.7. The van der Waals surface area contributed by atoms with Gasteiger partial charge in [-0.1, -0.05) is 15.9 Å². The van der Waals surface area contributed by atoms with Crippen molar-refractivity contribution in [3.63, 3.8) is 0 Å². The summed E-state index contributed by atoms with van der Waals surface area (Å²) in [7, 11) is 0. The van der Waals surface area contributed by atoms with E-state index in [-0.39, 0.29) is 0 Å². The van der Waals surface area contributed by atoms with Crippen LogP contribution in [0.2, 0.25) is 0 Å². The normalized spacial score (nSPS) is 10.5. The summed E-state index contributed by atoms with van der Waals surface area (Å²) in [6, 6.07) is 8.14. The maximum absolute atomic E-state index is 5.28. The Morgan fingerprint density at radius 1 is 1.27 bits per heavy atom. The Bertz CT molecular complexity index is 441. The number of nitrogens with zero attached hydrogens (tertiary/aromatic N) is 2. The molecule has 0 N–H and O–H groups in total. The highest BCUT2D eigenvalue weighted by Gasteiger charge is 2.02. The first-order valence-electron chi connectivity index (χ1n) is 4.41. The zero-order valence-electron chi connectivity index (χ0n) is 8.11. The highest BCUT2D eigenvalue weighted by atomic mass is 79.9. The van der Waals surface area contributed by atoms with Crippen LogP contribution in [0.15, 0.2) is 38.1 Å². The number of thioether (sulfide) groups is 1. The van der Waals surface area contributed by atoms with E-state index in [4.69, 9.17) is 4.42 Å². The van der Waals surface area contributed by atoms with Crippen molar-refractivity contribution in [2.75, 3.05) is 0 Å². The van der Waals surface area contributed by atoms with Gasteiger partial charge in [-0.3, -0.25) is 0 Å². The van der Waals surface area contributed by atoms with E-state index in [1.807, 2.05) is 12.1 Å². The lowest BCUT2D eigenvalue weighted by molar-refractivity contribution is 0.485. The van der Waals surface area contributed by atoms with Gasteiger partial charge in [-0.15, -0.1) is 22.0 Å². The van der Waals surface area contributed by atoms with E-state index in [1.165, 1.54) is 4.90 Å². The van der Waals surface area contributed by atoms with Crippen molar-refractivity contribution in [2.45, 2.75) is 17.6 Å². The second-order valence-corrected chi connectivity index (χ2v) is 4.92. The van der Waals surface area contributed by atoms with Crippen LogP contribution < -0.4 is 0 Å². The van der Waals surface area contributed by atoms with Crippen molar-refractivity contribution >= 4 is 27.7 Å². The molecule has 2 rings (SSSR count). The van der Waals surface area contributed by atoms with Gasteiger partial charge in [0, 0.05) is 16.3 Å². The summed E-state index contributed by atoms with van der Waals surface area (Å²) in [6.07, 6.45) is 0. The van der Waals surface area contributed by atoms with Gasteiger partial charge in [0.1, 0.15) is 0 Å². The summed E-state index contributed by atoms with van der Waals surface area (Å²) in [5, 5.41) is 7.71. The minimum absolute atomic E-state index is 0.612. The molecule has 5 heteroatoms. The fraction of sp³-hybridized carbons (Fsp3) is 0.200. The number of aryl methyl sites for hydroxylation is 1. The van der Waals surface area contributed by atoms with Crippen LogP contribution in [0.1, 0.15) is 11.8 Å². The van der Waals surface area contributed by atoms with Gasteiger partial charge >= 0.3 is 0 Å². The molecule has 0 saturated carbocycles. The van der Waals surface area contributed by atoms with Gasteiger partial charge in [0.25, 0.3) is 0 Å². The predicted octanol–water partition coefficient (Wildman–Crippen LogP) is 3.43. The summed E-state index contributed by atoms with van der Waals surface area (Å²) in [5.74, 6) is 1.99. The lowest BCUT2D eigenvalue weighted by Crippen LogP contribution is -1.80. The molecule has 2 aromatic rings. The minimum Gasteiger partial charge on any atom is -0.425 e. The maximum Gasteiger partial charge on any atom is 0.226 e. The van der Waals surface area contributed by atoms with Crippen LogP contribution in [-0.2, 0) is 5.75 Å². The summed E-state index contributed by atoms with van der Waals surface area (Å²) in [5.41, 5.74) is 0. The number of rotatable bonds is 3. The smallest absolute Gasteiger partial charge is 0.226 e. The molecule has 0 radical (unpaired) electrons. The molecule has 78 valence electrons. The Balaban J connectivity index is 1.96. The van der Waals surface area contributed by atoms with Crippen molar-refractivity contribution in [1.82, 2.24) is 10.2 Å². The monoisotopic (exact) mass is 284 g/mol. The molecule has 0 aliphatic rings. The number of hydrogen-bond donors (Lipinski definition) is 0. The third-order valence-electron chi connectivity index (χ3n) is 1.74. The fourth-order valence-corrected chi connectivity index (χ4v) is 2.07. The van der Waals surface area contributed by atoms with Crippen molar-refractivity contribution < 1.29 is 4.42 Å². The summed E-state index contributed by atoms with van der Waals surface area (Å²) < 4.78 is 6.36. The molecule has 0 unspecified atom stereocenters. The molecule has 15 heavy (non-hydrogen) atoms. The molecule has 1 aromatic carbocycles. The minimum atomic E-state index is 0.612. The van der Waals surface area contributed by atoms with Crippen molar-refractivity contribution in [2.24, 2.45) is 0 Å². The fourth-order valence-electron chi connectivity index (χ4n) is 1.07. The van der Waals surface area contributed by atoms with E-state index in [0.29, 0.717) is 17.5 Å². The van der Waals surface area contributed by atoms with Crippen LogP contribution in [0.4, 0.5) is 0 Å². The molecule has 0 fully saturated rings. The number of hydrogen-bond acceptors (Lipinski definition) is 4. The number of benzene rings is 1. The summed E-state index contributed by atoms with van der Waals surface area (Å²) in [4.78, 5) is 1.19. The van der Waals surface area contributed by atoms with Crippen LogP contribution in [0.3, 0.4) is 0 Å². The average Bonchev–Trinajstić information content (AvgIpc) is 2.64. The van der Waals surface area contributed by atoms with Crippen LogP contribution >= 0.6 is 27.7 Å². The van der Waals surface area contributed by atoms with E-state index < -0.39 is 0 Å². The van der Waals surface area contributed by atoms with E-state index in [1.54, 1.807) is 18.7 Å².